The summed E-state index contributed by atoms with van der Waals surface area (Å²) in [5.41, 5.74) is 0. The zero-order valence-electron chi connectivity index (χ0n) is 12.8. The van der Waals surface area contributed by atoms with Crippen LogP contribution in [0.15, 0.2) is 12.7 Å². The molecule has 0 N–H and O–H groups in total. The third kappa shape index (κ3) is 3.48. The molecule has 0 aliphatic heterocycles. The number of halogens is 4. The van der Waals surface area contributed by atoms with E-state index in [9.17, 15) is 17.6 Å². The maximum Gasteiger partial charge on any atom is 0.157 e. The molecule has 0 spiro atoms. The van der Waals surface area contributed by atoms with Gasteiger partial charge < -0.3 is 9.47 Å². The highest BCUT2D eigenvalue weighted by atomic mass is 19.2. The zero-order chi connectivity index (χ0) is 16.3. The van der Waals surface area contributed by atoms with Crippen molar-refractivity contribution in [1.82, 2.24) is 0 Å². The van der Waals surface area contributed by atoms with Crippen LogP contribution in [0.5, 0.6) is 0 Å². The summed E-state index contributed by atoms with van der Waals surface area (Å²) in [6.45, 7) is 3.62. The maximum atomic E-state index is 14.4. The van der Waals surface area contributed by atoms with Crippen molar-refractivity contribution >= 4 is 0 Å². The predicted octanol–water partition coefficient (Wildman–Crippen LogP) is 3.75. The molecule has 0 aromatic rings. The predicted molar refractivity (Wildman–Crippen MR) is 75.8 cm³/mol. The summed E-state index contributed by atoms with van der Waals surface area (Å²) in [7, 11) is 1.34. The van der Waals surface area contributed by atoms with Gasteiger partial charge in [-0.3, -0.25) is 0 Å². The Morgan fingerprint density at radius 3 is 1.86 bits per heavy atom. The largest absolute Gasteiger partial charge is 0.378 e. The third-order valence-corrected chi connectivity index (χ3v) is 4.99. The summed E-state index contributed by atoms with van der Waals surface area (Å²) in [5.74, 6) is -1.60. The topological polar surface area (TPSA) is 18.5 Å². The fraction of sp³-hybridized carbons (Fsp3) is 0.875. The van der Waals surface area contributed by atoms with Crippen LogP contribution >= 0.6 is 0 Å². The lowest BCUT2D eigenvalue weighted by Crippen LogP contribution is -2.51. The lowest BCUT2D eigenvalue weighted by Gasteiger charge is -2.43. The van der Waals surface area contributed by atoms with Gasteiger partial charge >= 0.3 is 0 Å². The molecule has 0 radical (unpaired) electrons. The molecular weight excluding hydrogens is 300 g/mol. The van der Waals surface area contributed by atoms with Crippen molar-refractivity contribution in [3.8, 4) is 0 Å². The van der Waals surface area contributed by atoms with E-state index in [0.29, 0.717) is 25.7 Å². The van der Waals surface area contributed by atoms with E-state index in [1.165, 1.54) is 13.2 Å². The Bertz CT molecular complexity index is 368. The monoisotopic (exact) mass is 324 g/mol. The number of rotatable bonds is 5. The van der Waals surface area contributed by atoms with Crippen molar-refractivity contribution in [3.63, 3.8) is 0 Å². The minimum atomic E-state index is -1.82. The van der Waals surface area contributed by atoms with Gasteiger partial charge in [0, 0.05) is 7.11 Å². The molecule has 0 heterocycles. The van der Waals surface area contributed by atoms with Crippen LogP contribution in [0.4, 0.5) is 17.6 Å². The Balaban J connectivity index is 2.00. The van der Waals surface area contributed by atoms with Gasteiger partial charge in [0.25, 0.3) is 0 Å². The molecule has 0 aromatic heterocycles. The molecule has 2 saturated carbocycles. The van der Waals surface area contributed by atoms with E-state index < -0.39 is 48.7 Å². The first kappa shape index (κ1) is 17.7. The van der Waals surface area contributed by atoms with Crippen LogP contribution in [-0.4, -0.2) is 50.6 Å². The molecule has 2 fully saturated rings. The lowest BCUT2D eigenvalue weighted by atomic mass is 9.69. The fourth-order valence-corrected chi connectivity index (χ4v) is 3.75. The smallest absolute Gasteiger partial charge is 0.157 e. The van der Waals surface area contributed by atoms with E-state index in [1.54, 1.807) is 0 Å². The Labute approximate surface area is 128 Å². The number of ether oxygens (including phenoxy) is 2. The standard InChI is InChI=1S/C16H24F4O2/c1-3-8-22-12-7-5-10(14(18)16(12)20)9-4-6-11(21-2)15(19)13(9)17/h3,9-16H,1,4-8H2,2H3. The van der Waals surface area contributed by atoms with E-state index in [0.717, 1.165) is 0 Å². The number of methoxy groups -OCH3 is 1. The van der Waals surface area contributed by atoms with Crippen molar-refractivity contribution in [2.75, 3.05) is 13.7 Å². The molecule has 0 aromatic carbocycles. The molecule has 2 aliphatic carbocycles. The van der Waals surface area contributed by atoms with Gasteiger partial charge in [0.15, 0.2) is 12.3 Å². The second-order valence-corrected chi connectivity index (χ2v) is 6.19. The summed E-state index contributed by atoms with van der Waals surface area (Å²) >= 11 is 0. The molecule has 2 nitrogen and oxygen atoms in total. The van der Waals surface area contributed by atoms with Gasteiger partial charge in [0.05, 0.1) is 18.8 Å². The number of hydrogen-bond donors (Lipinski definition) is 0. The van der Waals surface area contributed by atoms with Gasteiger partial charge in [-0.2, -0.15) is 0 Å². The van der Waals surface area contributed by atoms with E-state index in [2.05, 4.69) is 6.58 Å². The quantitative estimate of drug-likeness (QED) is 0.566. The SMILES string of the molecule is C=CCOC1CCC(C2CCC(OC)C(F)C2F)C(F)C1F. The van der Waals surface area contributed by atoms with Gasteiger partial charge in [0.2, 0.25) is 0 Å². The second kappa shape index (κ2) is 7.77. The van der Waals surface area contributed by atoms with Crippen LogP contribution in [0.2, 0.25) is 0 Å². The summed E-state index contributed by atoms with van der Waals surface area (Å²) in [5, 5.41) is 0. The maximum absolute atomic E-state index is 14.4. The molecule has 2 aliphatic rings. The molecule has 0 bridgehead atoms. The van der Waals surface area contributed by atoms with Crippen molar-refractivity contribution in [1.29, 1.82) is 0 Å². The summed E-state index contributed by atoms with van der Waals surface area (Å²) in [6.07, 6.45) is -6.09. The highest BCUT2D eigenvalue weighted by molar-refractivity contribution is 4.98. The Hall–Kier alpha value is -0.620. The fourth-order valence-electron chi connectivity index (χ4n) is 3.75. The highest BCUT2D eigenvalue weighted by Crippen LogP contribution is 2.43. The first-order chi connectivity index (χ1) is 10.5. The van der Waals surface area contributed by atoms with E-state index in [1.807, 2.05) is 0 Å². The van der Waals surface area contributed by atoms with Crippen molar-refractivity contribution in [3.05, 3.63) is 12.7 Å². The van der Waals surface area contributed by atoms with Gasteiger partial charge in [-0.05, 0) is 37.5 Å². The van der Waals surface area contributed by atoms with Crippen LogP contribution in [0, 0.1) is 11.8 Å². The van der Waals surface area contributed by atoms with Gasteiger partial charge in [0.1, 0.15) is 12.3 Å². The van der Waals surface area contributed by atoms with Crippen LogP contribution in [0.1, 0.15) is 25.7 Å². The van der Waals surface area contributed by atoms with Crippen molar-refractivity contribution in [2.45, 2.75) is 62.6 Å². The molecule has 6 heteroatoms. The first-order valence-corrected chi connectivity index (χ1v) is 7.82. The van der Waals surface area contributed by atoms with Crippen molar-refractivity contribution in [2.24, 2.45) is 11.8 Å². The highest BCUT2D eigenvalue weighted by Gasteiger charge is 2.50. The summed E-state index contributed by atoms with van der Waals surface area (Å²) < 4.78 is 66.9. The van der Waals surface area contributed by atoms with Crippen LogP contribution in [-0.2, 0) is 9.47 Å². The van der Waals surface area contributed by atoms with E-state index in [4.69, 9.17) is 9.47 Å². The molecule has 22 heavy (non-hydrogen) atoms. The van der Waals surface area contributed by atoms with Crippen LogP contribution in [0.25, 0.3) is 0 Å². The van der Waals surface area contributed by atoms with Crippen LogP contribution < -0.4 is 0 Å². The average molecular weight is 324 g/mol. The first-order valence-electron chi connectivity index (χ1n) is 7.82. The lowest BCUT2D eigenvalue weighted by molar-refractivity contribution is -0.113. The summed E-state index contributed by atoms with van der Waals surface area (Å²) in [6, 6.07) is 0. The molecule has 2 rings (SSSR count). The molecule has 8 unspecified atom stereocenters. The summed E-state index contributed by atoms with van der Waals surface area (Å²) in [4.78, 5) is 0. The van der Waals surface area contributed by atoms with E-state index >= 15 is 0 Å². The van der Waals surface area contributed by atoms with Crippen molar-refractivity contribution < 1.29 is 27.0 Å². The molecular formula is C16H24F4O2. The Morgan fingerprint density at radius 1 is 0.864 bits per heavy atom. The minimum absolute atomic E-state index is 0.152. The molecule has 0 amide bonds. The average Bonchev–Trinajstić information content (AvgIpc) is 2.52. The minimum Gasteiger partial charge on any atom is -0.378 e. The molecule has 128 valence electrons. The third-order valence-electron chi connectivity index (χ3n) is 4.99. The molecule has 0 saturated heterocycles. The van der Waals surface area contributed by atoms with Gasteiger partial charge in [-0.1, -0.05) is 6.08 Å². The second-order valence-electron chi connectivity index (χ2n) is 6.19. The Kier molecular flexibility index (Phi) is 6.26. The number of hydrogen-bond acceptors (Lipinski definition) is 2. The zero-order valence-corrected chi connectivity index (χ0v) is 12.8. The number of alkyl halides is 4. The van der Waals surface area contributed by atoms with Gasteiger partial charge in [-0.25, -0.2) is 17.6 Å². The Morgan fingerprint density at radius 2 is 1.36 bits per heavy atom. The normalized spacial score (nSPS) is 46.4. The van der Waals surface area contributed by atoms with E-state index in [-0.39, 0.29) is 6.61 Å². The molecule has 8 atom stereocenters. The van der Waals surface area contributed by atoms with Gasteiger partial charge in [-0.15, -0.1) is 6.58 Å². The van der Waals surface area contributed by atoms with Crippen LogP contribution in [0.3, 0.4) is 0 Å².